The highest BCUT2D eigenvalue weighted by atomic mass is 16.2. The van der Waals surface area contributed by atoms with Gasteiger partial charge in [0.2, 0.25) is 0 Å². The molecular weight excluding hydrogens is 240 g/mol. The maximum Gasteiger partial charge on any atom is 0.319 e. The Bertz CT molecular complexity index is 487. The van der Waals surface area contributed by atoms with Gasteiger partial charge >= 0.3 is 6.03 Å². The SMILES string of the molecule is CCCNC(=O)Nc1ccc(C#CCCO)c(C)c1. The van der Waals surface area contributed by atoms with Crippen molar-refractivity contribution in [3.8, 4) is 11.8 Å². The molecule has 4 nitrogen and oxygen atoms in total. The molecule has 0 aliphatic rings. The first-order valence-corrected chi connectivity index (χ1v) is 6.42. The molecule has 102 valence electrons. The predicted octanol–water partition coefficient (Wildman–Crippen LogP) is 2.26. The number of carbonyl (C=O) groups excluding carboxylic acids is 1. The van der Waals surface area contributed by atoms with Crippen LogP contribution in [0.5, 0.6) is 0 Å². The van der Waals surface area contributed by atoms with Crippen molar-refractivity contribution in [3.05, 3.63) is 29.3 Å². The third-order valence-electron chi connectivity index (χ3n) is 2.48. The van der Waals surface area contributed by atoms with Gasteiger partial charge in [-0.05, 0) is 37.1 Å². The molecule has 0 spiro atoms. The van der Waals surface area contributed by atoms with Crippen molar-refractivity contribution in [2.24, 2.45) is 0 Å². The first-order chi connectivity index (χ1) is 9.17. The molecule has 0 radical (unpaired) electrons. The number of urea groups is 1. The summed E-state index contributed by atoms with van der Waals surface area (Å²) in [6.45, 7) is 4.68. The fourth-order valence-corrected chi connectivity index (χ4v) is 1.51. The van der Waals surface area contributed by atoms with Crippen LogP contribution in [0.15, 0.2) is 18.2 Å². The zero-order chi connectivity index (χ0) is 14.1. The number of benzene rings is 1. The molecule has 0 aliphatic carbocycles. The van der Waals surface area contributed by atoms with Crippen molar-refractivity contribution in [2.45, 2.75) is 26.7 Å². The second kappa shape index (κ2) is 8.17. The zero-order valence-corrected chi connectivity index (χ0v) is 11.4. The molecule has 3 N–H and O–H groups in total. The number of nitrogens with one attached hydrogen (secondary N) is 2. The highest BCUT2D eigenvalue weighted by Gasteiger charge is 2.02. The van der Waals surface area contributed by atoms with E-state index in [4.69, 9.17) is 5.11 Å². The molecule has 1 aromatic carbocycles. The fourth-order valence-electron chi connectivity index (χ4n) is 1.51. The summed E-state index contributed by atoms with van der Waals surface area (Å²) in [5.41, 5.74) is 2.66. The molecule has 1 aromatic rings. The van der Waals surface area contributed by atoms with Gasteiger partial charge in [0, 0.05) is 24.2 Å². The van der Waals surface area contributed by atoms with E-state index >= 15 is 0 Å². The third kappa shape index (κ3) is 5.45. The Balaban J connectivity index is 2.67. The van der Waals surface area contributed by atoms with Crippen LogP contribution in [0.2, 0.25) is 0 Å². The van der Waals surface area contributed by atoms with Gasteiger partial charge in [0.1, 0.15) is 0 Å². The zero-order valence-electron chi connectivity index (χ0n) is 11.4. The van der Waals surface area contributed by atoms with Crippen LogP contribution in [0.3, 0.4) is 0 Å². The van der Waals surface area contributed by atoms with Gasteiger partial charge in [0.25, 0.3) is 0 Å². The topological polar surface area (TPSA) is 61.4 Å². The van der Waals surface area contributed by atoms with Crippen LogP contribution in [0.25, 0.3) is 0 Å². The summed E-state index contributed by atoms with van der Waals surface area (Å²) in [6.07, 6.45) is 1.38. The number of hydrogen-bond donors (Lipinski definition) is 3. The Morgan fingerprint density at radius 3 is 2.84 bits per heavy atom. The maximum atomic E-state index is 11.5. The number of aryl methyl sites for hydroxylation is 1. The lowest BCUT2D eigenvalue weighted by Crippen LogP contribution is -2.29. The van der Waals surface area contributed by atoms with Gasteiger partial charge in [-0.3, -0.25) is 0 Å². The molecule has 0 saturated heterocycles. The average Bonchev–Trinajstić information content (AvgIpc) is 2.39. The first kappa shape index (κ1) is 15.1. The van der Waals surface area contributed by atoms with Crippen molar-refractivity contribution in [1.82, 2.24) is 5.32 Å². The number of rotatable bonds is 4. The summed E-state index contributed by atoms with van der Waals surface area (Å²) in [6, 6.07) is 5.38. The van der Waals surface area contributed by atoms with Crippen molar-refractivity contribution >= 4 is 11.7 Å². The maximum absolute atomic E-state index is 11.5. The molecule has 1 rings (SSSR count). The Morgan fingerprint density at radius 2 is 2.21 bits per heavy atom. The lowest BCUT2D eigenvalue weighted by atomic mass is 10.1. The standard InChI is InChI=1S/C15H20N2O2/c1-3-9-16-15(19)17-14-8-7-13(12(2)11-14)6-4-5-10-18/h7-8,11,18H,3,5,9-10H2,1-2H3,(H2,16,17,19). The summed E-state index contributed by atoms with van der Waals surface area (Å²) in [5, 5.41) is 14.2. The largest absolute Gasteiger partial charge is 0.395 e. The molecule has 0 heterocycles. The molecule has 0 saturated carbocycles. The van der Waals surface area contributed by atoms with Gasteiger partial charge in [-0.25, -0.2) is 4.79 Å². The van der Waals surface area contributed by atoms with Crippen LogP contribution in [0.4, 0.5) is 10.5 Å². The molecule has 0 unspecified atom stereocenters. The minimum Gasteiger partial charge on any atom is -0.395 e. The van der Waals surface area contributed by atoms with Gasteiger partial charge in [-0.15, -0.1) is 0 Å². The molecule has 2 amide bonds. The molecule has 19 heavy (non-hydrogen) atoms. The summed E-state index contributed by atoms with van der Waals surface area (Å²) in [7, 11) is 0. The minimum absolute atomic E-state index is 0.0727. The highest BCUT2D eigenvalue weighted by Crippen LogP contribution is 2.14. The van der Waals surface area contributed by atoms with Crippen LogP contribution >= 0.6 is 0 Å². The van der Waals surface area contributed by atoms with E-state index in [1.165, 1.54) is 0 Å². The van der Waals surface area contributed by atoms with E-state index in [1.54, 1.807) is 0 Å². The van der Waals surface area contributed by atoms with E-state index in [1.807, 2.05) is 32.0 Å². The quantitative estimate of drug-likeness (QED) is 0.727. The van der Waals surface area contributed by atoms with E-state index in [2.05, 4.69) is 22.5 Å². The predicted molar refractivity (Wildman–Crippen MR) is 77.1 cm³/mol. The van der Waals surface area contributed by atoms with E-state index in [0.717, 1.165) is 23.2 Å². The number of hydrogen-bond acceptors (Lipinski definition) is 2. The second-order valence-electron chi connectivity index (χ2n) is 4.19. The molecule has 0 aromatic heterocycles. The van der Waals surface area contributed by atoms with Gasteiger partial charge in [0.05, 0.1) is 6.61 Å². The number of amides is 2. The van der Waals surface area contributed by atoms with Gasteiger partial charge in [-0.2, -0.15) is 0 Å². The second-order valence-corrected chi connectivity index (χ2v) is 4.19. The Kier molecular flexibility index (Phi) is 6.48. The summed E-state index contributed by atoms with van der Waals surface area (Å²) < 4.78 is 0. The van der Waals surface area contributed by atoms with E-state index in [9.17, 15) is 4.79 Å². The fraction of sp³-hybridized carbons (Fsp3) is 0.400. The van der Waals surface area contributed by atoms with Gasteiger partial charge in [0.15, 0.2) is 0 Å². The summed E-state index contributed by atoms with van der Waals surface area (Å²) in [5.74, 6) is 5.87. The van der Waals surface area contributed by atoms with Crippen molar-refractivity contribution < 1.29 is 9.90 Å². The Labute approximate surface area is 114 Å². The first-order valence-electron chi connectivity index (χ1n) is 6.42. The lowest BCUT2D eigenvalue weighted by molar-refractivity contribution is 0.252. The van der Waals surface area contributed by atoms with Crippen LogP contribution in [-0.2, 0) is 0 Å². The van der Waals surface area contributed by atoms with Crippen LogP contribution in [0, 0.1) is 18.8 Å². The average molecular weight is 260 g/mol. The van der Waals surface area contributed by atoms with Crippen molar-refractivity contribution in [1.29, 1.82) is 0 Å². The molecule has 0 fully saturated rings. The van der Waals surface area contributed by atoms with Crippen LogP contribution in [-0.4, -0.2) is 24.3 Å². The Hall–Kier alpha value is -1.99. The van der Waals surface area contributed by atoms with Crippen LogP contribution in [0.1, 0.15) is 30.9 Å². The molecule has 0 aliphatic heterocycles. The summed E-state index contributed by atoms with van der Waals surface area (Å²) in [4.78, 5) is 11.5. The van der Waals surface area contributed by atoms with Crippen molar-refractivity contribution in [3.63, 3.8) is 0 Å². The van der Waals surface area contributed by atoms with Crippen LogP contribution < -0.4 is 10.6 Å². The van der Waals surface area contributed by atoms with Crippen molar-refractivity contribution in [2.75, 3.05) is 18.5 Å². The number of aliphatic hydroxyl groups excluding tert-OH is 1. The van der Waals surface area contributed by atoms with Gasteiger partial charge < -0.3 is 15.7 Å². The molecule has 0 atom stereocenters. The number of aliphatic hydroxyl groups is 1. The molecular formula is C15H20N2O2. The third-order valence-corrected chi connectivity index (χ3v) is 2.48. The molecule has 4 heteroatoms. The van der Waals surface area contributed by atoms with Gasteiger partial charge in [-0.1, -0.05) is 18.8 Å². The normalized spacial score (nSPS) is 9.42. The number of anilines is 1. The monoisotopic (exact) mass is 260 g/mol. The lowest BCUT2D eigenvalue weighted by Gasteiger charge is -2.08. The van der Waals surface area contributed by atoms with E-state index in [-0.39, 0.29) is 12.6 Å². The van der Waals surface area contributed by atoms with E-state index < -0.39 is 0 Å². The van der Waals surface area contributed by atoms with E-state index in [0.29, 0.717) is 13.0 Å². The summed E-state index contributed by atoms with van der Waals surface area (Å²) >= 11 is 0. The molecule has 0 bridgehead atoms. The number of carbonyl (C=O) groups is 1. The highest BCUT2D eigenvalue weighted by molar-refractivity contribution is 5.89. The Morgan fingerprint density at radius 1 is 1.42 bits per heavy atom. The smallest absolute Gasteiger partial charge is 0.319 e. The minimum atomic E-state index is -0.194.